The van der Waals surface area contributed by atoms with E-state index < -0.39 is 8.07 Å². The van der Waals surface area contributed by atoms with E-state index in [1.807, 2.05) is 12.1 Å². The Labute approximate surface area is 191 Å². The van der Waals surface area contributed by atoms with Gasteiger partial charge < -0.3 is 9.72 Å². The molecule has 2 heterocycles. The van der Waals surface area contributed by atoms with Crippen molar-refractivity contribution in [2.75, 3.05) is 6.61 Å². The average molecular weight is 508 g/mol. The summed E-state index contributed by atoms with van der Waals surface area (Å²) in [7, 11) is -1.10. The van der Waals surface area contributed by atoms with Gasteiger partial charge in [0.05, 0.1) is 16.1 Å². The summed E-state index contributed by atoms with van der Waals surface area (Å²) in [5.41, 5.74) is 5.78. The van der Waals surface area contributed by atoms with Crippen LogP contribution in [0.5, 0.6) is 0 Å². The fourth-order valence-corrected chi connectivity index (χ4v) is 6.57. The minimum Gasteiger partial charge on any atom is -0.360 e. The van der Waals surface area contributed by atoms with E-state index in [9.17, 15) is 0 Å². The smallest absolute Gasteiger partial charge is 0.159 e. The van der Waals surface area contributed by atoms with Crippen LogP contribution in [0.4, 0.5) is 0 Å². The van der Waals surface area contributed by atoms with E-state index in [1.54, 1.807) is 0 Å². The molecule has 2 aromatic heterocycles. The van der Waals surface area contributed by atoms with Crippen molar-refractivity contribution < 1.29 is 4.74 Å². The van der Waals surface area contributed by atoms with Gasteiger partial charge >= 0.3 is 0 Å². The second kappa shape index (κ2) is 7.19. The van der Waals surface area contributed by atoms with Crippen molar-refractivity contribution in [3.8, 4) is 11.5 Å². The topological polar surface area (TPSA) is 55.7 Å². The summed E-state index contributed by atoms with van der Waals surface area (Å²) in [5.74, 6) is 1.37. The number of benzene rings is 1. The quantitative estimate of drug-likeness (QED) is 0.302. The number of nitrogens with one attached hydrogen (secondary N) is 1. The molecule has 1 fully saturated rings. The standard InChI is InChI=1S/C22H28BrClN4OSi/c1-22-9-13(10-22)18-17(11-22)28(12-29-5-6-30(2,3)4)27-20(18)21-25-16-8-14(23)7-15(24)19(16)26-21/h7-8,13H,5-6,9-12H2,1-4H3,(H,25,26)/t13-,22+. The molecule has 30 heavy (non-hydrogen) atoms. The molecule has 0 aliphatic heterocycles. The third-order valence-corrected chi connectivity index (χ3v) is 8.98. The molecule has 1 saturated carbocycles. The van der Waals surface area contributed by atoms with Crippen LogP contribution in [0.15, 0.2) is 16.6 Å². The molecule has 5 nitrogen and oxygen atoms in total. The SMILES string of the molecule is C[Si](C)(C)CCOCn1nc(-c2nc3cc(Br)cc(Cl)c3[nH]2)c2c1C[C@]1(C)C[C@H]2C1. The van der Waals surface area contributed by atoms with Crippen LogP contribution >= 0.6 is 27.5 Å². The first kappa shape index (κ1) is 20.7. The number of nitrogens with zero attached hydrogens (tertiary/aromatic N) is 3. The molecule has 0 unspecified atom stereocenters. The zero-order valence-corrected chi connectivity index (χ0v) is 21.3. The summed E-state index contributed by atoms with van der Waals surface area (Å²) < 4.78 is 9.08. The Balaban J connectivity index is 1.51. The molecule has 0 radical (unpaired) electrons. The number of halogens is 2. The summed E-state index contributed by atoms with van der Waals surface area (Å²) in [6, 6.07) is 5.05. The fourth-order valence-electron chi connectivity index (χ4n) is 4.97. The molecule has 1 aromatic carbocycles. The monoisotopic (exact) mass is 506 g/mol. The lowest BCUT2D eigenvalue weighted by Crippen LogP contribution is -2.40. The van der Waals surface area contributed by atoms with E-state index in [1.165, 1.54) is 30.1 Å². The van der Waals surface area contributed by atoms with Crippen LogP contribution in [-0.2, 0) is 17.9 Å². The van der Waals surface area contributed by atoms with Crippen LogP contribution in [0.2, 0.25) is 30.7 Å². The highest BCUT2D eigenvalue weighted by atomic mass is 79.9. The van der Waals surface area contributed by atoms with Crippen LogP contribution in [0.1, 0.15) is 36.9 Å². The van der Waals surface area contributed by atoms with Gasteiger partial charge in [-0.2, -0.15) is 5.10 Å². The van der Waals surface area contributed by atoms with Crippen LogP contribution in [0.25, 0.3) is 22.6 Å². The first-order chi connectivity index (χ1) is 14.1. The van der Waals surface area contributed by atoms with E-state index in [-0.39, 0.29) is 0 Å². The summed E-state index contributed by atoms with van der Waals surface area (Å²) in [6.45, 7) is 10.8. The Morgan fingerprint density at radius 1 is 1.33 bits per heavy atom. The van der Waals surface area contributed by atoms with E-state index in [0.29, 0.717) is 23.1 Å². The molecule has 0 saturated heterocycles. The maximum Gasteiger partial charge on any atom is 0.159 e. The van der Waals surface area contributed by atoms with Crippen molar-refractivity contribution in [3.63, 3.8) is 0 Å². The highest BCUT2D eigenvalue weighted by Crippen LogP contribution is 2.59. The number of aromatic amines is 1. The Bertz CT molecular complexity index is 1130. The molecule has 3 aliphatic rings. The molecule has 1 N–H and O–H groups in total. The Morgan fingerprint density at radius 3 is 2.83 bits per heavy atom. The van der Waals surface area contributed by atoms with Gasteiger partial charge in [0.1, 0.15) is 12.4 Å². The van der Waals surface area contributed by atoms with E-state index in [0.717, 1.165) is 40.1 Å². The Morgan fingerprint density at radius 2 is 2.10 bits per heavy atom. The summed E-state index contributed by atoms with van der Waals surface area (Å²) in [6.07, 6.45) is 3.54. The summed E-state index contributed by atoms with van der Waals surface area (Å²) >= 11 is 9.96. The van der Waals surface area contributed by atoms with Crippen molar-refractivity contribution in [1.29, 1.82) is 0 Å². The molecular weight excluding hydrogens is 480 g/mol. The van der Waals surface area contributed by atoms with Crippen LogP contribution in [0, 0.1) is 5.41 Å². The summed E-state index contributed by atoms with van der Waals surface area (Å²) in [5, 5.41) is 5.67. The summed E-state index contributed by atoms with van der Waals surface area (Å²) in [4.78, 5) is 8.27. The number of ether oxygens (including phenoxy) is 1. The lowest BCUT2D eigenvalue weighted by atomic mass is 9.54. The van der Waals surface area contributed by atoms with Gasteiger partial charge in [-0.05, 0) is 48.8 Å². The lowest BCUT2D eigenvalue weighted by Gasteiger charge is -2.50. The van der Waals surface area contributed by atoms with Crippen molar-refractivity contribution in [2.45, 2.75) is 64.5 Å². The first-order valence-electron chi connectivity index (χ1n) is 10.6. The molecule has 160 valence electrons. The second-order valence-electron chi connectivity index (χ2n) is 10.5. The van der Waals surface area contributed by atoms with E-state index >= 15 is 0 Å². The van der Waals surface area contributed by atoms with Crippen molar-refractivity contribution in [2.24, 2.45) is 5.41 Å². The van der Waals surface area contributed by atoms with Gasteiger partial charge in [-0.15, -0.1) is 0 Å². The van der Waals surface area contributed by atoms with Gasteiger partial charge in [0.25, 0.3) is 0 Å². The largest absolute Gasteiger partial charge is 0.360 e. The number of rotatable bonds is 6. The van der Waals surface area contributed by atoms with E-state index in [2.05, 4.69) is 52.2 Å². The Kier molecular flexibility index (Phi) is 4.97. The zero-order chi connectivity index (χ0) is 21.3. The van der Waals surface area contributed by atoms with Crippen LogP contribution < -0.4 is 0 Å². The predicted octanol–water partition coefficient (Wildman–Crippen LogP) is 6.59. The van der Waals surface area contributed by atoms with Crippen molar-refractivity contribution >= 4 is 46.6 Å². The number of hydrogen-bond donors (Lipinski definition) is 1. The van der Waals surface area contributed by atoms with Crippen molar-refractivity contribution in [1.82, 2.24) is 19.7 Å². The maximum absolute atomic E-state index is 6.44. The minimum atomic E-state index is -1.10. The predicted molar refractivity (Wildman–Crippen MR) is 128 cm³/mol. The zero-order valence-electron chi connectivity index (χ0n) is 18.0. The third-order valence-electron chi connectivity index (χ3n) is 6.52. The normalized spacial score (nSPS) is 22.9. The van der Waals surface area contributed by atoms with Gasteiger partial charge in [0.2, 0.25) is 0 Å². The van der Waals surface area contributed by atoms with Gasteiger partial charge in [-0.3, -0.25) is 0 Å². The molecule has 0 amide bonds. The third kappa shape index (κ3) is 3.68. The van der Waals surface area contributed by atoms with Gasteiger partial charge in [0.15, 0.2) is 5.82 Å². The van der Waals surface area contributed by atoms with Crippen LogP contribution in [0.3, 0.4) is 0 Å². The number of hydrogen-bond acceptors (Lipinski definition) is 3. The lowest BCUT2D eigenvalue weighted by molar-refractivity contribution is 0.0639. The highest BCUT2D eigenvalue weighted by Gasteiger charge is 2.49. The second-order valence-corrected chi connectivity index (χ2v) is 17.5. The molecular formula is C22H28BrClN4OSi. The fraction of sp³-hybridized carbons (Fsp3) is 0.545. The highest BCUT2D eigenvalue weighted by molar-refractivity contribution is 9.10. The molecule has 8 heteroatoms. The number of fused-ring (bicyclic) bond motifs is 1. The molecule has 0 atom stereocenters. The van der Waals surface area contributed by atoms with Crippen LogP contribution in [-0.4, -0.2) is 34.4 Å². The molecule has 0 spiro atoms. The maximum atomic E-state index is 6.44. The minimum absolute atomic E-state index is 0.410. The molecule has 3 aliphatic carbocycles. The number of aromatic nitrogens is 4. The average Bonchev–Trinajstić information content (AvgIpc) is 3.18. The number of H-pyrrole nitrogens is 1. The first-order valence-corrected chi connectivity index (χ1v) is 15.5. The molecule has 2 bridgehead atoms. The van der Waals surface area contributed by atoms with Gasteiger partial charge in [-0.25, -0.2) is 9.67 Å². The Hall–Kier alpha value is -1.15. The molecule has 6 rings (SSSR count). The van der Waals surface area contributed by atoms with E-state index in [4.69, 9.17) is 26.4 Å². The van der Waals surface area contributed by atoms with Gasteiger partial charge in [0, 0.05) is 30.4 Å². The molecule has 3 aromatic rings. The van der Waals surface area contributed by atoms with Gasteiger partial charge in [-0.1, -0.05) is 54.1 Å². The van der Waals surface area contributed by atoms with Crippen molar-refractivity contribution in [3.05, 3.63) is 32.9 Å². The number of imidazole rings is 1.